The molecule has 1 unspecified atom stereocenters. The predicted molar refractivity (Wildman–Crippen MR) is 152 cm³/mol. The molecule has 0 N–H and O–H groups in total. The van der Waals surface area contributed by atoms with Gasteiger partial charge >= 0.3 is 0 Å². The molecule has 6 nitrogen and oxygen atoms in total. The molecule has 3 aromatic rings. The Morgan fingerprint density at radius 3 is 2.08 bits per heavy atom. The first kappa shape index (κ1) is 23.9. The molecule has 5 rings (SSSR count). The Balaban J connectivity index is 1.44. The number of carbonyl (C=O) groups excluding carboxylic acids is 1. The van der Waals surface area contributed by atoms with Gasteiger partial charge in [0.1, 0.15) is 0 Å². The Bertz CT molecular complexity index is 1340. The van der Waals surface area contributed by atoms with Crippen LogP contribution in [0.25, 0.3) is 6.08 Å². The maximum absolute atomic E-state index is 12.9. The van der Waals surface area contributed by atoms with Gasteiger partial charge in [-0.25, -0.2) is 5.01 Å². The number of amides is 1. The highest BCUT2D eigenvalue weighted by atomic mass is 32.2. The summed E-state index contributed by atoms with van der Waals surface area (Å²) < 4.78 is 0. The minimum absolute atomic E-state index is 0.0332. The van der Waals surface area contributed by atoms with Gasteiger partial charge in [-0.2, -0.15) is 10.1 Å². The summed E-state index contributed by atoms with van der Waals surface area (Å²) in [5.41, 5.74) is 6.44. The number of aliphatic imine (C=N–C) groups is 1. The van der Waals surface area contributed by atoms with Crippen LogP contribution >= 0.6 is 11.8 Å². The van der Waals surface area contributed by atoms with Gasteiger partial charge in [0.2, 0.25) is 0 Å². The van der Waals surface area contributed by atoms with Gasteiger partial charge in [-0.15, -0.1) is 0 Å². The summed E-state index contributed by atoms with van der Waals surface area (Å²) in [5.74, 6) is -0.225. The summed E-state index contributed by atoms with van der Waals surface area (Å²) in [6, 6.07) is 26.8. The van der Waals surface area contributed by atoms with Crippen LogP contribution in [0.2, 0.25) is 0 Å². The minimum atomic E-state index is -0.225. The molecule has 7 heteroatoms. The van der Waals surface area contributed by atoms with Crippen molar-refractivity contribution in [1.29, 1.82) is 0 Å². The number of hydrazone groups is 1. The van der Waals surface area contributed by atoms with Crippen molar-refractivity contribution in [3.63, 3.8) is 0 Å². The van der Waals surface area contributed by atoms with Crippen molar-refractivity contribution in [3.8, 4) is 0 Å². The van der Waals surface area contributed by atoms with Crippen LogP contribution in [-0.2, 0) is 4.79 Å². The summed E-state index contributed by atoms with van der Waals surface area (Å²) >= 11 is 1.39. The maximum Gasteiger partial charge on any atom is 0.286 e. The van der Waals surface area contributed by atoms with E-state index in [1.807, 2.05) is 81.7 Å². The van der Waals surface area contributed by atoms with Gasteiger partial charge in [0.05, 0.1) is 16.7 Å². The fourth-order valence-corrected chi connectivity index (χ4v) is 5.18. The predicted octanol–water partition coefficient (Wildman–Crippen LogP) is 5.64. The molecule has 182 valence electrons. The minimum Gasteiger partial charge on any atom is -0.378 e. The zero-order valence-corrected chi connectivity index (χ0v) is 21.7. The van der Waals surface area contributed by atoms with Gasteiger partial charge in [0.25, 0.3) is 5.91 Å². The first-order valence-electron chi connectivity index (χ1n) is 11.9. The zero-order valence-electron chi connectivity index (χ0n) is 20.9. The number of amidine groups is 1. The van der Waals surface area contributed by atoms with E-state index in [0.717, 1.165) is 40.2 Å². The first-order valence-corrected chi connectivity index (χ1v) is 12.7. The van der Waals surface area contributed by atoms with Gasteiger partial charge in [0, 0.05) is 46.0 Å². The lowest BCUT2D eigenvalue weighted by molar-refractivity contribution is -0.113. The van der Waals surface area contributed by atoms with Crippen LogP contribution < -0.4 is 9.80 Å². The Kier molecular flexibility index (Phi) is 6.65. The van der Waals surface area contributed by atoms with Crippen molar-refractivity contribution in [2.24, 2.45) is 10.1 Å². The van der Waals surface area contributed by atoms with E-state index in [2.05, 4.69) is 51.2 Å². The van der Waals surface area contributed by atoms with Crippen LogP contribution in [-0.4, -0.2) is 50.0 Å². The molecule has 2 aliphatic heterocycles. The van der Waals surface area contributed by atoms with Crippen molar-refractivity contribution in [1.82, 2.24) is 5.01 Å². The molecule has 2 heterocycles. The third kappa shape index (κ3) is 4.93. The second-order valence-corrected chi connectivity index (χ2v) is 10.3. The molecule has 1 amide bonds. The highest BCUT2D eigenvalue weighted by Crippen LogP contribution is 2.40. The van der Waals surface area contributed by atoms with E-state index < -0.39 is 0 Å². The molecular formula is C29H29N5OS. The average Bonchev–Trinajstić information content (AvgIpc) is 3.49. The number of thioether (sulfide) groups is 1. The molecule has 0 aromatic heterocycles. The molecule has 0 bridgehead atoms. The van der Waals surface area contributed by atoms with E-state index in [4.69, 9.17) is 5.10 Å². The smallest absolute Gasteiger partial charge is 0.286 e. The molecule has 3 aromatic carbocycles. The fourth-order valence-electron chi connectivity index (χ4n) is 4.26. The number of hydrogen-bond donors (Lipinski definition) is 0. The summed E-state index contributed by atoms with van der Waals surface area (Å²) in [6.45, 7) is 0. The van der Waals surface area contributed by atoms with E-state index in [9.17, 15) is 4.79 Å². The molecule has 0 radical (unpaired) electrons. The standard InChI is InChI=1S/C29H29N5OS/c1-32(2)23-14-10-20(11-15-23)18-27-28(35)30-29(36-27)34-26(22-12-16-24(17-13-22)33(3)4)19-25(31-34)21-8-6-5-7-9-21/h5-18,26H,19H2,1-4H3/b27-18-. The molecule has 0 saturated carbocycles. The van der Waals surface area contributed by atoms with E-state index in [1.54, 1.807) is 0 Å². The molecule has 0 saturated heterocycles. The molecule has 2 aliphatic rings. The van der Waals surface area contributed by atoms with Crippen molar-refractivity contribution in [2.75, 3.05) is 38.0 Å². The number of nitrogens with zero attached hydrogens (tertiary/aromatic N) is 5. The van der Waals surface area contributed by atoms with Gasteiger partial charge in [-0.1, -0.05) is 54.6 Å². The van der Waals surface area contributed by atoms with E-state index in [-0.39, 0.29) is 11.9 Å². The molecule has 36 heavy (non-hydrogen) atoms. The topological polar surface area (TPSA) is 51.5 Å². The molecule has 0 aliphatic carbocycles. The molecular weight excluding hydrogens is 466 g/mol. The lowest BCUT2D eigenvalue weighted by atomic mass is 9.98. The van der Waals surface area contributed by atoms with Crippen LogP contribution in [0.3, 0.4) is 0 Å². The lowest BCUT2D eigenvalue weighted by Gasteiger charge is -2.23. The third-order valence-electron chi connectivity index (χ3n) is 6.32. The van der Waals surface area contributed by atoms with Crippen LogP contribution in [0.15, 0.2) is 93.9 Å². The van der Waals surface area contributed by atoms with Gasteiger partial charge < -0.3 is 9.80 Å². The number of anilines is 2. The Morgan fingerprint density at radius 2 is 1.47 bits per heavy atom. The van der Waals surface area contributed by atoms with Gasteiger partial charge in [-0.05, 0) is 58.8 Å². The van der Waals surface area contributed by atoms with E-state index >= 15 is 0 Å². The Hall–Kier alpha value is -3.84. The second-order valence-electron chi connectivity index (χ2n) is 9.26. The fraction of sp³-hybridized carbons (Fsp3) is 0.207. The average molecular weight is 496 g/mol. The number of hydrogen-bond acceptors (Lipinski definition) is 6. The van der Waals surface area contributed by atoms with Crippen LogP contribution in [0.4, 0.5) is 11.4 Å². The van der Waals surface area contributed by atoms with E-state index in [0.29, 0.717) is 10.1 Å². The highest BCUT2D eigenvalue weighted by Gasteiger charge is 2.36. The van der Waals surface area contributed by atoms with Gasteiger partial charge in [-0.3, -0.25) is 4.79 Å². The Labute approximate surface area is 216 Å². The first-order chi connectivity index (χ1) is 17.4. The Morgan fingerprint density at radius 1 is 0.861 bits per heavy atom. The van der Waals surface area contributed by atoms with Crippen molar-refractivity contribution < 1.29 is 4.79 Å². The number of rotatable bonds is 5. The van der Waals surface area contributed by atoms with Crippen molar-refractivity contribution in [3.05, 3.63) is 100 Å². The summed E-state index contributed by atoms with van der Waals surface area (Å²) in [6.07, 6.45) is 2.64. The summed E-state index contributed by atoms with van der Waals surface area (Å²) in [5, 5.41) is 7.50. The number of carbonyl (C=O) groups is 1. The molecule has 0 spiro atoms. The summed E-state index contributed by atoms with van der Waals surface area (Å²) in [7, 11) is 8.08. The summed E-state index contributed by atoms with van der Waals surface area (Å²) in [4.78, 5) is 22.0. The van der Waals surface area contributed by atoms with Gasteiger partial charge in [0.15, 0.2) is 5.17 Å². The monoisotopic (exact) mass is 495 g/mol. The highest BCUT2D eigenvalue weighted by molar-refractivity contribution is 8.18. The molecule has 0 fully saturated rings. The van der Waals surface area contributed by atoms with Crippen LogP contribution in [0, 0.1) is 0 Å². The maximum atomic E-state index is 12.9. The van der Waals surface area contributed by atoms with Crippen LogP contribution in [0.5, 0.6) is 0 Å². The quantitative estimate of drug-likeness (QED) is 0.429. The third-order valence-corrected chi connectivity index (χ3v) is 7.30. The van der Waals surface area contributed by atoms with Crippen molar-refractivity contribution >= 4 is 46.0 Å². The normalized spacial score (nSPS) is 18.4. The van der Waals surface area contributed by atoms with Crippen LogP contribution in [0.1, 0.15) is 29.2 Å². The lowest BCUT2D eigenvalue weighted by Crippen LogP contribution is -2.23. The SMILES string of the molecule is CN(C)c1ccc(/C=C2\SC(N3N=C(c4ccccc4)CC3c3ccc(N(C)C)cc3)=NC2=O)cc1. The molecule has 1 atom stereocenters. The number of benzene rings is 3. The second kappa shape index (κ2) is 10.0. The van der Waals surface area contributed by atoms with E-state index in [1.165, 1.54) is 11.8 Å². The zero-order chi connectivity index (χ0) is 25.2. The van der Waals surface area contributed by atoms with Crippen molar-refractivity contribution in [2.45, 2.75) is 12.5 Å². The largest absolute Gasteiger partial charge is 0.378 e.